The van der Waals surface area contributed by atoms with Crippen LogP contribution in [0.2, 0.25) is 0 Å². The highest BCUT2D eigenvalue weighted by Crippen LogP contribution is 2.35. The van der Waals surface area contributed by atoms with E-state index in [9.17, 15) is 24.0 Å². The first-order chi connectivity index (χ1) is 16.0. The van der Waals surface area contributed by atoms with Crippen molar-refractivity contribution in [2.75, 3.05) is 12.1 Å². The molecule has 0 unspecified atom stereocenters. The van der Waals surface area contributed by atoms with Crippen LogP contribution in [0, 0.1) is 11.8 Å². The second-order valence-corrected chi connectivity index (χ2v) is 8.39. The molecule has 2 fully saturated rings. The molecule has 3 heterocycles. The van der Waals surface area contributed by atoms with E-state index in [-0.39, 0.29) is 18.3 Å². The fourth-order valence-corrected chi connectivity index (χ4v) is 3.11. The van der Waals surface area contributed by atoms with E-state index in [0.29, 0.717) is 0 Å². The first-order valence-electron chi connectivity index (χ1n) is 10.5. The highest BCUT2D eigenvalue weighted by molar-refractivity contribution is 6.30. The van der Waals surface area contributed by atoms with Crippen LogP contribution in [0.5, 0.6) is 0 Å². The van der Waals surface area contributed by atoms with E-state index >= 15 is 0 Å². The number of nitrogens with two attached hydrogens (primary N) is 1. The lowest BCUT2D eigenvalue weighted by molar-refractivity contribution is -0.195. The molecule has 0 saturated carbocycles. The molecule has 14 heteroatoms. The monoisotopic (exact) mass is 482 g/mol. The number of hydrogen-bond acceptors (Lipinski definition) is 13. The number of nitrogens with zero attached hydrogens (tertiary/aromatic N) is 2. The van der Waals surface area contributed by atoms with Crippen molar-refractivity contribution in [2.45, 2.75) is 58.3 Å². The Bertz CT molecular complexity index is 1020. The predicted octanol–water partition coefficient (Wildman–Crippen LogP) is -0.969. The van der Waals surface area contributed by atoms with Gasteiger partial charge < -0.3 is 29.5 Å². The molecule has 2 aliphatic rings. The Morgan fingerprint density at radius 1 is 1.12 bits per heavy atom. The zero-order chi connectivity index (χ0) is 25.2. The minimum absolute atomic E-state index is 0.0883. The van der Waals surface area contributed by atoms with Crippen molar-refractivity contribution in [1.29, 1.82) is 0 Å². The van der Waals surface area contributed by atoms with Gasteiger partial charge in [-0.2, -0.15) is 4.98 Å². The third kappa shape index (κ3) is 5.34. The summed E-state index contributed by atoms with van der Waals surface area (Å²) in [6.07, 6.45) is -3.28. The van der Waals surface area contributed by atoms with Gasteiger partial charge in [0.25, 0.3) is 0 Å². The van der Waals surface area contributed by atoms with Gasteiger partial charge in [-0.1, -0.05) is 27.7 Å². The lowest BCUT2D eigenvalue weighted by atomic mass is 10.1. The van der Waals surface area contributed by atoms with Gasteiger partial charge in [-0.05, 0) is 5.92 Å². The number of anilines is 1. The molecule has 1 aromatic rings. The number of aromatic nitrogens is 2. The number of fused-ring (bicyclic) bond motifs is 1. The van der Waals surface area contributed by atoms with Crippen LogP contribution in [0.1, 0.15) is 33.9 Å². The summed E-state index contributed by atoms with van der Waals surface area (Å²) in [4.78, 5) is 68.4. The third-order valence-corrected chi connectivity index (χ3v) is 5.15. The van der Waals surface area contributed by atoms with Crippen molar-refractivity contribution in [3.05, 3.63) is 22.7 Å². The first-order valence-corrected chi connectivity index (χ1v) is 10.5. The quantitative estimate of drug-likeness (QED) is 0.199. The van der Waals surface area contributed by atoms with Gasteiger partial charge in [-0.15, -0.1) is 0 Å². The number of ether oxygens (including phenoxy) is 4. The van der Waals surface area contributed by atoms with Crippen molar-refractivity contribution in [1.82, 2.24) is 9.55 Å². The van der Waals surface area contributed by atoms with Crippen molar-refractivity contribution < 1.29 is 43.0 Å². The van der Waals surface area contributed by atoms with Gasteiger partial charge in [-0.3, -0.25) is 9.36 Å². The van der Waals surface area contributed by atoms with Gasteiger partial charge >= 0.3 is 29.6 Å². The molecule has 5 atom stereocenters. The fourth-order valence-electron chi connectivity index (χ4n) is 3.11. The van der Waals surface area contributed by atoms with E-state index in [1.165, 1.54) is 12.3 Å². The molecule has 0 aliphatic carbocycles. The summed E-state index contributed by atoms with van der Waals surface area (Å²) in [5.41, 5.74) is 7.09. The molecule has 186 valence electrons. The highest BCUT2D eigenvalue weighted by atomic mass is 16.7. The molecular weight excluding hydrogens is 456 g/mol. The maximum absolute atomic E-state index is 12.6. The molecule has 3 rings (SSSR count). The Morgan fingerprint density at radius 3 is 2.35 bits per heavy atom. The Hall–Kier alpha value is -3.52. The van der Waals surface area contributed by atoms with Crippen molar-refractivity contribution in [3.63, 3.8) is 0 Å². The SMILES string of the molecule is CC(C)C(=O)OC[C@H]1O[C@@H](n2ccc(NOC(=O)[C@@H](N)C(C)C)nc2=O)[C@@H]2OC(=O)C(=O)O[C@@H]21. The Labute approximate surface area is 193 Å². The van der Waals surface area contributed by atoms with Crippen molar-refractivity contribution in [3.8, 4) is 0 Å². The lowest BCUT2D eigenvalue weighted by Gasteiger charge is -2.28. The summed E-state index contributed by atoms with van der Waals surface area (Å²) in [6, 6.07) is 0.429. The Morgan fingerprint density at radius 2 is 1.76 bits per heavy atom. The molecule has 0 spiro atoms. The topological polar surface area (TPSA) is 187 Å². The van der Waals surface area contributed by atoms with Crippen LogP contribution in [0.3, 0.4) is 0 Å². The van der Waals surface area contributed by atoms with E-state index in [4.69, 9.17) is 29.5 Å². The molecule has 14 nitrogen and oxygen atoms in total. The third-order valence-electron chi connectivity index (χ3n) is 5.15. The molecular formula is C20H26N4O10. The Balaban J connectivity index is 1.76. The maximum Gasteiger partial charge on any atom is 0.418 e. The molecule has 2 aliphatic heterocycles. The second-order valence-electron chi connectivity index (χ2n) is 8.39. The number of carbonyl (C=O) groups excluding carboxylic acids is 4. The van der Waals surface area contributed by atoms with E-state index < -0.39 is 66.1 Å². The lowest BCUT2D eigenvalue weighted by Crippen LogP contribution is -2.49. The molecule has 3 N–H and O–H groups in total. The summed E-state index contributed by atoms with van der Waals surface area (Å²) < 4.78 is 22.1. The summed E-state index contributed by atoms with van der Waals surface area (Å²) >= 11 is 0. The van der Waals surface area contributed by atoms with Crippen LogP contribution in [0.25, 0.3) is 0 Å². The van der Waals surface area contributed by atoms with Gasteiger partial charge in [0.1, 0.15) is 18.8 Å². The number of esters is 3. The van der Waals surface area contributed by atoms with Crippen LogP contribution in [0.4, 0.5) is 5.82 Å². The molecule has 34 heavy (non-hydrogen) atoms. The zero-order valence-electron chi connectivity index (χ0n) is 19.0. The van der Waals surface area contributed by atoms with Crippen LogP contribution < -0.4 is 16.9 Å². The van der Waals surface area contributed by atoms with Crippen LogP contribution in [-0.2, 0) is 43.0 Å². The molecule has 0 aromatic carbocycles. The molecule has 0 bridgehead atoms. The fraction of sp³-hybridized carbons (Fsp3) is 0.600. The van der Waals surface area contributed by atoms with E-state index in [1.807, 2.05) is 0 Å². The van der Waals surface area contributed by atoms with Crippen molar-refractivity contribution >= 4 is 29.7 Å². The summed E-state index contributed by atoms with van der Waals surface area (Å²) in [5.74, 6) is -4.38. The zero-order valence-corrected chi connectivity index (χ0v) is 19.0. The average molecular weight is 482 g/mol. The standard InChI is InChI=1S/C20H26N4O10/c1-8(2)12(21)17(26)34-23-11-5-6-24(20(29)22-11)15-14-13(32-18(27)19(28)33-14)10(31-15)7-30-16(25)9(3)4/h5-6,8-10,12-15H,7,21H2,1-4H3,(H,22,23,29)/t10-,12+,13-,14-,15-/m1/s1. The second kappa shape index (κ2) is 10.2. The number of carbonyl (C=O) groups is 4. The van der Waals surface area contributed by atoms with Gasteiger partial charge in [0.05, 0.1) is 5.92 Å². The van der Waals surface area contributed by atoms with Crippen molar-refractivity contribution in [2.24, 2.45) is 17.6 Å². The largest absolute Gasteiger partial charge is 0.463 e. The molecule has 1 aromatic heterocycles. The van der Waals surface area contributed by atoms with E-state index in [2.05, 4.69) is 10.5 Å². The number of nitrogens with one attached hydrogen (secondary N) is 1. The highest BCUT2D eigenvalue weighted by Gasteiger charge is 2.55. The average Bonchev–Trinajstić information content (AvgIpc) is 3.12. The van der Waals surface area contributed by atoms with Crippen LogP contribution in [0.15, 0.2) is 17.1 Å². The van der Waals surface area contributed by atoms with Crippen LogP contribution >= 0.6 is 0 Å². The van der Waals surface area contributed by atoms with E-state index in [1.54, 1.807) is 27.7 Å². The van der Waals surface area contributed by atoms with Crippen LogP contribution in [-0.4, -0.2) is 64.4 Å². The maximum atomic E-state index is 12.6. The number of rotatable bonds is 8. The number of hydrogen-bond donors (Lipinski definition) is 2. The minimum Gasteiger partial charge on any atom is -0.463 e. The van der Waals surface area contributed by atoms with Gasteiger partial charge in [-0.25, -0.2) is 24.7 Å². The summed E-state index contributed by atoms with van der Waals surface area (Å²) in [7, 11) is 0. The summed E-state index contributed by atoms with van der Waals surface area (Å²) in [6.45, 7) is 6.47. The smallest absolute Gasteiger partial charge is 0.418 e. The van der Waals surface area contributed by atoms with Gasteiger partial charge in [0.15, 0.2) is 24.3 Å². The molecule has 0 amide bonds. The molecule has 0 radical (unpaired) electrons. The first kappa shape index (κ1) is 25.1. The normalized spacial score (nSPS) is 24.8. The Kier molecular flexibility index (Phi) is 7.51. The summed E-state index contributed by atoms with van der Waals surface area (Å²) in [5, 5.41) is 0. The molecule has 2 saturated heterocycles. The van der Waals surface area contributed by atoms with Gasteiger partial charge in [0, 0.05) is 12.3 Å². The minimum atomic E-state index is -1.25. The van der Waals surface area contributed by atoms with Gasteiger partial charge in [0.2, 0.25) is 0 Å². The van der Waals surface area contributed by atoms with E-state index in [0.717, 1.165) is 4.57 Å². The predicted molar refractivity (Wildman–Crippen MR) is 110 cm³/mol.